The second-order valence-electron chi connectivity index (χ2n) is 7.09. The molecule has 3 heteroatoms. The van der Waals surface area contributed by atoms with E-state index in [2.05, 4.69) is 12.2 Å². The summed E-state index contributed by atoms with van der Waals surface area (Å²) < 4.78 is 0. The van der Waals surface area contributed by atoms with Gasteiger partial charge in [0.25, 0.3) is 0 Å². The van der Waals surface area contributed by atoms with Crippen molar-refractivity contribution in [1.29, 1.82) is 0 Å². The van der Waals surface area contributed by atoms with Crippen LogP contribution in [-0.2, 0) is 4.79 Å². The van der Waals surface area contributed by atoms with Crippen molar-refractivity contribution in [2.24, 2.45) is 23.0 Å². The summed E-state index contributed by atoms with van der Waals surface area (Å²) in [5.74, 6) is 1.23. The molecule has 2 aliphatic rings. The molecule has 2 rings (SSSR count). The van der Waals surface area contributed by atoms with Crippen LogP contribution >= 0.6 is 0 Å². The summed E-state index contributed by atoms with van der Waals surface area (Å²) >= 11 is 0. The topological polar surface area (TPSA) is 55.1 Å². The summed E-state index contributed by atoms with van der Waals surface area (Å²) in [6.07, 6.45) is 12.2. The standard InChI is InChI=1S/C17H32N2O/c1-2-17(9-3-4-10-17)13-19-16(20)15-7-5-6-14(12-15)8-11-18/h14-15H,2-13,18H2,1H3,(H,19,20). The number of hydrogen-bond donors (Lipinski definition) is 2. The number of nitrogens with two attached hydrogens (primary N) is 1. The van der Waals surface area contributed by atoms with Crippen molar-refractivity contribution in [2.45, 2.75) is 71.1 Å². The number of carbonyl (C=O) groups excluding carboxylic acids is 1. The molecule has 0 saturated heterocycles. The molecule has 0 radical (unpaired) electrons. The third-order valence-corrected chi connectivity index (χ3v) is 5.78. The predicted octanol–water partition coefficient (Wildman–Crippen LogP) is 3.23. The molecule has 3 N–H and O–H groups in total. The van der Waals surface area contributed by atoms with Gasteiger partial charge >= 0.3 is 0 Å². The molecule has 2 fully saturated rings. The van der Waals surface area contributed by atoms with Crippen molar-refractivity contribution in [3.63, 3.8) is 0 Å². The highest BCUT2D eigenvalue weighted by Crippen LogP contribution is 2.40. The van der Waals surface area contributed by atoms with Crippen molar-refractivity contribution in [3.8, 4) is 0 Å². The van der Waals surface area contributed by atoms with Gasteiger partial charge in [-0.2, -0.15) is 0 Å². The highest BCUT2D eigenvalue weighted by molar-refractivity contribution is 5.78. The van der Waals surface area contributed by atoms with E-state index in [1.165, 1.54) is 44.9 Å². The van der Waals surface area contributed by atoms with E-state index in [4.69, 9.17) is 5.73 Å². The number of carbonyl (C=O) groups is 1. The summed E-state index contributed by atoms with van der Waals surface area (Å²) in [6, 6.07) is 0. The largest absolute Gasteiger partial charge is 0.355 e. The summed E-state index contributed by atoms with van der Waals surface area (Å²) in [6.45, 7) is 3.94. The van der Waals surface area contributed by atoms with Gasteiger partial charge in [0.05, 0.1) is 0 Å². The minimum absolute atomic E-state index is 0.246. The summed E-state index contributed by atoms with van der Waals surface area (Å²) in [7, 11) is 0. The van der Waals surface area contributed by atoms with Crippen LogP contribution in [-0.4, -0.2) is 19.0 Å². The van der Waals surface area contributed by atoms with Gasteiger partial charge < -0.3 is 11.1 Å². The van der Waals surface area contributed by atoms with Gasteiger partial charge in [-0.1, -0.05) is 32.6 Å². The van der Waals surface area contributed by atoms with Gasteiger partial charge in [0.1, 0.15) is 0 Å². The molecule has 116 valence electrons. The Morgan fingerprint density at radius 3 is 2.65 bits per heavy atom. The van der Waals surface area contributed by atoms with Crippen LogP contribution in [0.1, 0.15) is 71.1 Å². The van der Waals surface area contributed by atoms with E-state index in [0.29, 0.717) is 17.2 Å². The molecule has 0 aromatic carbocycles. The van der Waals surface area contributed by atoms with Gasteiger partial charge in [-0.15, -0.1) is 0 Å². The molecule has 20 heavy (non-hydrogen) atoms. The predicted molar refractivity (Wildman–Crippen MR) is 83.3 cm³/mol. The van der Waals surface area contributed by atoms with Gasteiger partial charge in [0, 0.05) is 12.5 Å². The van der Waals surface area contributed by atoms with Gasteiger partial charge in [-0.3, -0.25) is 4.79 Å². The van der Waals surface area contributed by atoms with Crippen molar-refractivity contribution < 1.29 is 4.79 Å². The Morgan fingerprint density at radius 2 is 2.00 bits per heavy atom. The number of amides is 1. The Morgan fingerprint density at radius 1 is 1.25 bits per heavy atom. The molecule has 2 saturated carbocycles. The second kappa shape index (κ2) is 7.44. The Hall–Kier alpha value is -0.570. The third-order valence-electron chi connectivity index (χ3n) is 5.78. The molecule has 0 aromatic rings. The monoisotopic (exact) mass is 280 g/mol. The van der Waals surface area contributed by atoms with E-state index < -0.39 is 0 Å². The van der Waals surface area contributed by atoms with E-state index in [1.807, 2.05) is 0 Å². The minimum Gasteiger partial charge on any atom is -0.355 e. The molecule has 1 amide bonds. The smallest absolute Gasteiger partial charge is 0.223 e. The molecule has 0 spiro atoms. The van der Waals surface area contributed by atoms with Crippen LogP contribution in [0.2, 0.25) is 0 Å². The fraction of sp³-hybridized carbons (Fsp3) is 0.941. The molecule has 2 aliphatic carbocycles. The van der Waals surface area contributed by atoms with Gasteiger partial charge in [0.15, 0.2) is 0 Å². The Kier molecular flexibility index (Phi) is 5.88. The van der Waals surface area contributed by atoms with Crippen LogP contribution in [0.4, 0.5) is 0 Å². The molecule has 2 atom stereocenters. The van der Waals surface area contributed by atoms with Crippen molar-refractivity contribution in [1.82, 2.24) is 5.32 Å². The first-order chi connectivity index (χ1) is 9.69. The van der Waals surface area contributed by atoms with Crippen LogP contribution in [0.25, 0.3) is 0 Å². The summed E-state index contributed by atoms with van der Waals surface area (Å²) in [5.41, 5.74) is 6.06. The Labute approximate surface area is 124 Å². The molecular weight excluding hydrogens is 248 g/mol. The lowest BCUT2D eigenvalue weighted by atomic mass is 9.79. The third kappa shape index (κ3) is 3.97. The van der Waals surface area contributed by atoms with Crippen LogP contribution in [0, 0.1) is 17.3 Å². The van der Waals surface area contributed by atoms with Crippen LogP contribution < -0.4 is 11.1 Å². The fourth-order valence-corrected chi connectivity index (χ4v) is 4.23. The number of rotatable bonds is 6. The molecule has 3 nitrogen and oxygen atoms in total. The Bertz CT molecular complexity index is 308. The zero-order valence-electron chi connectivity index (χ0n) is 13.1. The highest BCUT2D eigenvalue weighted by atomic mass is 16.1. The van der Waals surface area contributed by atoms with Gasteiger partial charge in [-0.05, 0) is 56.4 Å². The van der Waals surface area contributed by atoms with Crippen LogP contribution in [0.5, 0.6) is 0 Å². The molecule has 0 aliphatic heterocycles. The Balaban J connectivity index is 1.79. The molecule has 0 bridgehead atoms. The van der Waals surface area contributed by atoms with E-state index in [0.717, 1.165) is 32.4 Å². The average molecular weight is 280 g/mol. The lowest BCUT2D eigenvalue weighted by Crippen LogP contribution is -2.40. The van der Waals surface area contributed by atoms with Crippen molar-refractivity contribution >= 4 is 5.91 Å². The van der Waals surface area contributed by atoms with Gasteiger partial charge in [-0.25, -0.2) is 0 Å². The molecular formula is C17H32N2O. The average Bonchev–Trinajstić information content (AvgIpc) is 2.95. The van der Waals surface area contributed by atoms with Crippen molar-refractivity contribution in [3.05, 3.63) is 0 Å². The fourth-order valence-electron chi connectivity index (χ4n) is 4.23. The van der Waals surface area contributed by atoms with E-state index in [1.54, 1.807) is 0 Å². The van der Waals surface area contributed by atoms with Gasteiger partial charge in [0.2, 0.25) is 5.91 Å². The van der Waals surface area contributed by atoms with Crippen LogP contribution in [0.15, 0.2) is 0 Å². The zero-order valence-corrected chi connectivity index (χ0v) is 13.1. The lowest BCUT2D eigenvalue weighted by Gasteiger charge is -2.31. The maximum atomic E-state index is 12.4. The quantitative estimate of drug-likeness (QED) is 0.785. The first-order valence-corrected chi connectivity index (χ1v) is 8.67. The summed E-state index contributed by atoms with van der Waals surface area (Å²) in [4.78, 5) is 12.4. The van der Waals surface area contributed by atoms with Crippen LogP contribution in [0.3, 0.4) is 0 Å². The summed E-state index contributed by atoms with van der Waals surface area (Å²) in [5, 5.41) is 3.28. The van der Waals surface area contributed by atoms with Crippen molar-refractivity contribution in [2.75, 3.05) is 13.1 Å². The van der Waals surface area contributed by atoms with E-state index >= 15 is 0 Å². The molecule has 0 aromatic heterocycles. The minimum atomic E-state index is 0.246. The maximum absolute atomic E-state index is 12.4. The highest BCUT2D eigenvalue weighted by Gasteiger charge is 2.33. The maximum Gasteiger partial charge on any atom is 0.223 e. The first kappa shape index (κ1) is 15.8. The van der Waals surface area contributed by atoms with E-state index in [9.17, 15) is 4.79 Å². The van der Waals surface area contributed by atoms with E-state index in [-0.39, 0.29) is 5.92 Å². The second-order valence-corrected chi connectivity index (χ2v) is 7.09. The molecule has 2 unspecified atom stereocenters. The first-order valence-electron chi connectivity index (χ1n) is 8.67. The lowest BCUT2D eigenvalue weighted by molar-refractivity contribution is -0.127. The number of hydrogen-bond acceptors (Lipinski definition) is 2. The normalized spacial score (nSPS) is 29.3. The SMILES string of the molecule is CCC1(CNC(=O)C2CCCC(CCN)C2)CCCC1. The number of nitrogens with one attached hydrogen (secondary N) is 1. The zero-order chi connectivity index (χ0) is 14.4. The molecule has 0 heterocycles.